The number of hydrogen-bond acceptors (Lipinski definition) is 2. The van der Waals surface area contributed by atoms with Crippen molar-refractivity contribution in [3.8, 4) is 0 Å². The second kappa shape index (κ2) is 4.52. The van der Waals surface area contributed by atoms with Crippen LogP contribution >= 0.6 is 11.6 Å². The summed E-state index contributed by atoms with van der Waals surface area (Å²) in [5.41, 5.74) is 0.735. The standard InChI is InChI=1S/C12H16ClNO/c13-11-3-1-10(2-4-11)5-6-12(15)7-8-14-9-12/h1-4,14-15H,5-9H2. The third kappa shape index (κ3) is 2.94. The highest BCUT2D eigenvalue weighted by molar-refractivity contribution is 6.30. The molecule has 2 N–H and O–H groups in total. The molecule has 0 amide bonds. The van der Waals surface area contributed by atoms with Crippen LogP contribution in [0.15, 0.2) is 24.3 Å². The number of aliphatic hydroxyl groups is 1. The van der Waals surface area contributed by atoms with Crippen LogP contribution in [-0.2, 0) is 6.42 Å². The molecule has 1 unspecified atom stereocenters. The molecule has 0 bridgehead atoms. The fourth-order valence-corrected chi connectivity index (χ4v) is 2.10. The van der Waals surface area contributed by atoms with E-state index in [0.29, 0.717) is 0 Å². The van der Waals surface area contributed by atoms with Gasteiger partial charge in [0, 0.05) is 11.6 Å². The van der Waals surface area contributed by atoms with Gasteiger partial charge in [-0.2, -0.15) is 0 Å². The van der Waals surface area contributed by atoms with E-state index in [0.717, 1.165) is 37.4 Å². The lowest BCUT2D eigenvalue weighted by molar-refractivity contribution is 0.0526. The zero-order valence-corrected chi connectivity index (χ0v) is 9.43. The van der Waals surface area contributed by atoms with Crippen LogP contribution in [0.2, 0.25) is 5.02 Å². The molecule has 1 aromatic carbocycles. The Hall–Kier alpha value is -0.570. The smallest absolute Gasteiger partial charge is 0.0786 e. The van der Waals surface area contributed by atoms with E-state index in [2.05, 4.69) is 5.32 Å². The Labute approximate surface area is 95.3 Å². The normalized spacial score (nSPS) is 25.7. The lowest BCUT2D eigenvalue weighted by Gasteiger charge is -2.20. The van der Waals surface area contributed by atoms with Crippen LogP contribution in [0.25, 0.3) is 0 Å². The van der Waals surface area contributed by atoms with Crippen molar-refractivity contribution in [3.63, 3.8) is 0 Å². The van der Waals surface area contributed by atoms with Crippen molar-refractivity contribution in [1.29, 1.82) is 0 Å². The van der Waals surface area contributed by atoms with Crippen molar-refractivity contribution in [2.24, 2.45) is 0 Å². The molecule has 3 heteroatoms. The number of rotatable bonds is 3. The minimum atomic E-state index is -0.500. The Bertz CT molecular complexity index is 317. The summed E-state index contributed by atoms with van der Waals surface area (Å²) in [7, 11) is 0. The molecule has 0 spiro atoms. The summed E-state index contributed by atoms with van der Waals surface area (Å²) in [6.45, 7) is 1.65. The zero-order valence-electron chi connectivity index (χ0n) is 8.67. The molecule has 0 radical (unpaired) electrons. The largest absolute Gasteiger partial charge is 0.389 e. The molecule has 0 aliphatic carbocycles. The van der Waals surface area contributed by atoms with Crippen LogP contribution in [0, 0.1) is 0 Å². The minimum absolute atomic E-state index is 0.500. The van der Waals surface area contributed by atoms with Gasteiger partial charge in [-0.25, -0.2) is 0 Å². The molecule has 0 aromatic heterocycles. The van der Waals surface area contributed by atoms with Gasteiger partial charge in [0.2, 0.25) is 0 Å². The van der Waals surface area contributed by atoms with Gasteiger partial charge in [0.05, 0.1) is 5.60 Å². The summed E-state index contributed by atoms with van der Waals surface area (Å²) in [6, 6.07) is 7.84. The van der Waals surface area contributed by atoms with Crippen LogP contribution in [0.4, 0.5) is 0 Å². The summed E-state index contributed by atoms with van der Waals surface area (Å²) >= 11 is 5.81. The lowest BCUT2D eigenvalue weighted by Crippen LogP contribution is -2.31. The second-order valence-electron chi connectivity index (χ2n) is 4.28. The Morgan fingerprint density at radius 3 is 2.67 bits per heavy atom. The Morgan fingerprint density at radius 2 is 2.07 bits per heavy atom. The van der Waals surface area contributed by atoms with Crippen LogP contribution in [0.1, 0.15) is 18.4 Å². The predicted octanol–water partition coefficient (Wildman–Crippen LogP) is 2.00. The Balaban J connectivity index is 1.90. The molecule has 1 saturated heterocycles. The third-order valence-corrected chi connectivity index (χ3v) is 3.27. The fourth-order valence-electron chi connectivity index (χ4n) is 1.97. The van der Waals surface area contributed by atoms with E-state index in [1.54, 1.807) is 0 Å². The number of benzene rings is 1. The lowest BCUT2D eigenvalue weighted by atomic mass is 9.94. The molecule has 1 heterocycles. The predicted molar refractivity (Wildman–Crippen MR) is 62.2 cm³/mol. The summed E-state index contributed by atoms with van der Waals surface area (Å²) < 4.78 is 0. The molecule has 2 rings (SSSR count). The highest BCUT2D eigenvalue weighted by Crippen LogP contribution is 2.21. The van der Waals surface area contributed by atoms with E-state index in [1.807, 2.05) is 24.3 Å². The Kier molecular flexibility index (Phi) is 3.29. The van der Waals surface area contributed by atoms with Gasteiger partial charge in [-0.05, 0) is 43.5 Å². The van der Waals surface area contributed by atoms with Gasteiger partial charge in [0.25, 0.3) is 0 Å². The quantitative estimate of drug-likeness (QED) is 0.825. The van der Waals surface area contributed by atoms with Gasteiger partial charge in [-0.3, -0.25) is 0 Å². The highest BCUT2D eigenvalue weighted by Gasteiger charge is 2.30. The van der Waals surface area contributed by atoms with Gasteiger partial charge < -0.3 is 10.4 Å². The molecule has 82 valence electrons. The van der Waals surface area contributed by atoms with E-state index in [9.17, 15) is 5.11 Å². The molecule has 1 fully saturated rings. The average molecular weight is 226 g/mol. The first-order chi connectivity index (χ1) is 7.18. The first kappa shape index (κ1) is 10.9. The van der Waals surface area contributed by atoms with E-state index in [-0.39, 0.29) is 0 Å². The van der Waals surface area contributed by atoms with E-state index in [1.165, 1.54) is 5.56 Å². The minimum Gasteiger partial charge on any atom is -0.389 e. The van der Waals surface area contributed by atoms with E-state index < -0.39 is 5.60 Å². The summed E-state index contributed by atoms with van der Waals surface area (Å²) in [5, 5.41) is 14.1. The molecule has 2 nitrogen and oxygen atoms in total. The van der Waals surface area contributed by atoms with Gasteiger partial charge in [-0.15, -0.1) is 0 Å². The topological polar surface area (TPSA) is 32.3 Å². The third-order valence-electron chi connectivity index (χ3n) is 3.01. The van der Waals surface area contributed by atoms with Crippen LogP contribution < -0.4 is 5.32 Å². The molecule has 15 heavy (non-hydrogen) atoms. The number of β-amino-alcohol motifs (C(OH)–C–C–N with tert-alkyl or cyclic N) is 1. The monoisotopic (exact) mass is 225 g/mol. The first-order valence-corrected chi connectivity index (χ1v) is 5.73. The fraction of sp³-hybridized carbons (Fsp3) is 0.500. The van der Waals surface area contributed by atoms with Gasteiger partial charge >= 0.3 is 0 Å². The molecule has 1 atom stereocenters. The van der Waals surface area contributed by atoms with Crippen molar-refractivity contribution < 1.29 is 5.11 Å². The first-order valence-electron chi connectivity index (χ1n) is 5.36. The van der Waals surface area contributed by atoms with Gasteiger partial charge in [-0.1, -0.05) is 23.7 Å². The molecular formula is C12H16ClNO. The molecule has 0 saturated carbocycles. The number of halogens is 1. The van der Waals surface area contributed by atoms with Crippen molar-refractivity contribution in [2.45, 2.75) is 24.9 Å². The van der Waals surface area contributed by atoms with Crippen LogP contribution in [0.5, 0.6) is 0 Å². The number of aryl methyl sites for hydroxylation is 1. The Morgan fingerprint density at radius 1 is 1.33 bits per heavy atom. The molecular weight excluding hydrogens is 210 g/mol. The SMILES string of the molecule is OC1(CCc2ccc(Cl)cc2)CCNC1. The number of nitrogens with one attached hydrogen (secondary N) is 1. The summed E-state index contributed by atoms with van der Waals surface area (Å²) in [6.07, 6.45) is 2.59. The van der Waals surface area contributed by atoms with E-state index in [4.69, 9.17) is 11.6 Å². The second-order valence-corrected chi connectivity index (χ2v) is 4.71. The maximum Gasteiger partial charge on any atom is 0.0786 e. The van der Waals surface area contributed by atoms with Gasteiger partial charge in [0.1, 0.15) is 0 Å². The van der Waals surface area contributed by atoms with Crippen molar-refractivity contribution >= 4 is 11.6 Å². The number of hydrogen-bond donors (Lipinski definition) is 2. The van der Waals surface area contributed by atoms with Crippen molar-refractivity contribution in [1.82, 2.24) is 5.32 Å². The average Bonchev–Trinajstić information content (AvgIpc) is 2.65. The zero-order chi connectivity index (χ0) is 10.7. The van der Waals surface area contributed by atoms with E-state index >= 15 is 0 Å². The molecule has 1 aromatic rings. The van der Waals surface area contributed by atoms with Crippen LogP contribution in [-0.4, -0.2) is 23.8 Å². The van der Waals surface area contributed by atoms with Gasteiger partial charge in [0.15, 0.2) is 0 Å². The maximum atomic E-state index is 10.1. The summed E-state index contributed by atoms with van der Waals surface area (Å²) in [4.78, 5) is 0. The summed E-state index contributed by atoms with van der Waals surface area (Å²) in [5.74, 6) is 0. The highest BCUT2D eigenvalue weighted by atomic mass is 35.5. The molecule has 1 aliphatic rings. The molecule has 1 aliphatic heterocycles. The maximum absolute atomic E-state index is 10.1. The van der Waals surface area contributed by atoms with Crippen molar-refractivity contribution in [3.05, 3.63) is 34.9 Å². The van der Waals surface area contributed by atoms with Crippen LogP contribution in [0.3, 0.4) is 0 Å². The van der Waals surface area contributed by atoms with Crippen molar-refractivity contribution in [2.75, 3.05) is 13.1 Å².